The minimum Gasteiger partial charge on any atom is -0.385 e. The highest BCUT2D eigenvalue weighted by molar-refractivity contribution is 4.93. The van der Waals surface area contributed by atoms with Gasteiger partial charge in [-0.3, -0.25) is 0 Å². The second kappa shape index (κ2) is 7.77. The van der Waals surface area contributed by atoms with E-state index in [1.165, 1.54) is 0 Å². The van der Waals surface area contributed by atoms with E-state index in [0.717, 1.165) is 32.3 Å². The average Bonchev–Trinajstić information content (AvgIpc) is 2.19. The highest BCUT2D eigenvalue weighted by atomic mass is 16.5. The first kappa shape index (κ1) is 13.4. The molecule has 0 aromatic carbocycles. The summed E-state index contributed by atoms with van der Waals surface area (Å²) in [5.41, 5.74) is -0.123. The Labute approximate surface area is 87.6 Å². The summed E-state index contributed by atoms with van der Waals surface area (Å²) in [7, 11) is 3.47. The molecule has 0 spiro atoms. The van der Waals surface area contributed by atoms with Gasteiger partial charge in [0.05, 0.1) is 5.60 Å². The van der Waals surface area contributed by atoms with Gasteiger partial charge in [0.2, 0.25) is 0 Å². The third-order valence-corrected chi connectivity index (χ3v) is 2.45. The van der Waals surface area contributed by atoms with Crippen molar-refractivity contribution in [1.82, 2.24) is 0 Å². The standard InChI is InChI=1S/C12H22O2/c1-5-8-12(14-4,9-6-2)10-7-11-13-3/h5-6H,1-2,7-11H2,3-4H3. The summed E-state index contributed by atoms with van der Waals surface area (Å²) in [4.78, 5) is 0. The Kier molecular flexibility index (Phi) is 7.44. The van der Waals surface area contributed by atoms with Crippen LogP contribution in [0.5, 0.6) is 0 Å². The Balaban J connectivity index is 4.16. The van der Waals surface area contributed by atoms with Crippen molar-refractivity contribution in [3.63, 3.8) is 0 Å². The molecule has 0 N–H and O–H groups in total. The molecule has 82 valence electrons. The Morgan fingerprint density at radius 1 is 1.14 bits per heavy atom. The van der Waals surface area contributed by atoms with E-state index in [1.807, 2.05) is 12.2 Å². The molecular formula is C12H22O2. The van der Waals surface area contributed by atoms with E-state index in [1.54, 1.807) is 14.2 Å². The third kappa shape index (κ3) is 4.58. The first-order chi connectivity index (χ1) is 6.74. The summed E-state index contributed by atoms with van der Waals surface area (Å²) in [6, 6.07) is 0. The van der Waals surface area contributed by atoms with Gasteiger partial charge in [-0.15, -0.1) is 13.2 Å². The van der Waals surface area contributed by atoms with Gasteiger partial charge < -0.3 is 9.47 Å². The van der Waals surface area contributed by atoms with Crippen molar-refractivity contribution in [2.24, 2.45) is 0 Å². The second-order valence-corrected chi connectivity index (χ2v) is 3.47. The number of hydrogen-bond acceptors (Lipinski definition) is 2. The lowest BCUT2D eigenvalue weighted by Gasteiger charge is -2.30. The molecule has 0 saturated heterocycles. The topological polar surface area (TPSA) is 18.5 Å². The van der Waals surface area contributed by atoms with Crippen molar-refractivity contribution >= 4 is 0 Å². The molecule has 0 bridgehead atoms. The van der Waals surface area contributed by atoms with Crippen LogP contribution in [-0.2, 0) is 9.47 Å². The molecule has 0 saturated carbocycles. The van der Waals surface area contributed by atoms with E-state index < -0.39 is 0 Å². The molecule has 0 atom stereocenters. The molecule has 0 aromatic heterocycles. The van der Waals surface area contributed by atoms with E-state index in [2.05, 4.69) is 13.2 Å². The molecular weight excluding hydrogens is 176 g/mol. The molecule has 2 heteroatoms. The van der Waals surface area contributed by atoms with Crippen LogP contribution in [0.15, 0.2) is 25.3 Å². The molecule has 0 amide bonds. The fraction of sp³-hybridized carbons (Fsp3) is 0.667. The Hall–Kier alpha value is -0.600. The molecule has 2 nitrogen and oxygen atoms in total. The van der Waals surface area contributed by atoms with Crippen molar-refractivity contribution in [1.29, 1.82) is 0 Å². The fourth-order valence-electron chi connectivity index (χ4n) is 1.62. The zero-order valence-electron chi connectivity index (χ0n) is 9.42. The van der Waals surface area contributed by atoms with Crippen LogP contribution >= 0.6 is 0 Å². The molecule has 0 unspecified atom stereocenters. The van der Waals surface area contributed by atoms with Crippen molar-refractivity contribution in [2.75, 3.05) is 20.8 Å². The number of methoxy groups -OCH3 is 2. The molecule has 0 aliphatic rings. The molecule has 0 radical (unpaired) electrons. The zero-order chi connectivity index (χ0) is 10.9. The maximum absolute atomic E-state index is 5.57. The summed E-state index contributed by atoms with van der Waals surface area (Å²) in [6.45, 7) is 8.29. The van der Waals surface area contributed by atoms with Gasteiger partial charge in [-0.05, 0) is 25.7 Å². The van der Waals surface area contributed by atoms with E-state index in [4.69, 9.17) is 9.47 Å². The normalized spacial score (nSPS) is 11.3. The third-order valence-electron chi connectivity index (χ3n) is 2.45. The maximum atomic E-state index is 5.57. The first-order valence-corrected chi connectivity index (χ1v) is 5.00. The number of rotatable bonds is 9. The van der Waals surface area contributed by atoms with E-state index in [0.29, 0.717) is 0 Å². The quantitative estimate of drug-likeness (QED) is 0.419. The summed E-state index contributed by atoms with van der Waals surface area (Å²) >= 11 is 0. The smallest absolute Gasteiger partial charge is 0.0747 e. The van der Waals surface area contributed by atoms with Gasteiger partial charge >= 0.3 is 0 Å². The van der Waals surface area contributed by atoms with Crippen LogP contribution in [0.25, 0.3) is 0 Å². The Morgan fingerprint density at radius 2 is 1.71 bits per heavy atom. The Bertz CT molecular complexity index is 154. The van der Waals surface area contributed by atoms with Gasteiger partial charge in [-0.1, -0.05) is 12.2 Å². The van der Waals surface area contributed by atoms with Crippen LogP contribution in [0.3, 0.4) is 0 Å². The van der Waals surface area contributed by atoms with E-state index >= 15 is 0 Å². The summed E-state index contributed by atoms with van der Waals surface area (Å²) in [6.07, 6.45) is 7.51. The molecule has 0 aliphatic heterocycles. The van der Waals surface area contributed by atoms with Gasteiger partial charge in [0, 0.05) is 20.8 Å². The maximum Gasteiger partial charge on any atom is 0.0747 e. The second-order valence-electron chi connectivity index (χ2n) is 3.47. The lowest BCUT2D eigenvalue weighted by molar-refractivity contribution is -0.0180. The predicted octanol–water partition coefficient (Wildman–Crippen LogP) is 2.95. The summed E-state index contributed by atoms with van der Waals surface area (Å²) in [5, 5.41) is 0. The lowest BCUT2D eigenvalue weighted by Crippen LogP contribution is -2.30. The predicted molar refractivity (Wildman–Crippen MR) is 60.5 cm³/mol. The summed E-state index contributed by atoms with van der Waals surface area (Å²) < 4.78 is 10.6. The monoisotopic (exact) mass is 198 g/mol. The number of ether oxygens (including phenoxy) is 2. The fourth-order valence-corrected chi connectivity index (χ4v) is 1.62. The molecule has 0 fully saturated rings. The average molecular weight is 198 g/mol. The highest BCUT2D eigenvalue weighted by Crippen LogP contribution is 2.26. The van der Waals surface area contributed by atoms with E-state index in [9.17, 15) is 0 Å². The van der Waals surface area contributed by atoms with Crippen LogP contribution in [0.1, 0.15) is 25.7 Å². The molecule has 14 heavy (non-hydrogen) atoms. The largest absolute Gasteiger partial charge is 0.385 e. The number of hydrogen-bond donors (Lipinski definition) is 0. The summed E-state index contributed by atoms with van der Waals surface area (Å²) in [5.74, 6) is 0. The SMILES string of the molecule is C=CCC(CC=C)(CCCOC)OC. The van der Waals surface area contributed by atoms with Gasteiger partial charge in [-0.25, -0.2) is 0 Å². The van der Waals surface area contributed by atoms with Gasteiger partial charge in [-0.2, -0.15) is 0 Å². The van der Waals surface area contributed by atoms with Crippen molar-refractivity contribution < 1.29 is 9.47 Å². The highest BCUT2D eigenvalue weighted by Gasteiger charge is 2.25. The van der Waals surface area contributed by atoms with Crippen LogP contribution < -0.4 is 0 Å². The van der Waals surface area contributed by atoms with Crippen molar-refractivity contribution in [3.05, 3.63) is 25.3 Å². The van der Waals surface area contributed by atoms with Crippen LogP contribution in [-0.4, -0.2) is 26.4 Å². The van der Waals surface area contributed by atoms with Gasteiger partial charge in [0.1, 0.15) is 0 Å². The minimum atomic E-state index is -0.123. The van der Waals surface area contributed by atoms with E-state index in [-0.39, 0.29) is 5.60 Å². The van der Waals surface area contributed by atoms with Crippen molar-refractivity contribution in [2.45, 2.75) is 31.3 Å². The minimum absolute atomic E-state index is 0.123. The zero-order valence-corrected chi connectivity index (χ0v) is 9.42. The molecule has 0 aromatic rings. The molecule has 0 rings (SSSR count). The van der Waals surface area contributed by atoms with Gasteiger partial charge in [0.25, 0.3) is 0 Å². The Morgan fingerprint density at radius 3 is 2.07 bits per heavy atom. The van der Waals surface area contributed by atoms with Gasteiger partial charge in [0.15, 0.2) is 0 Å². The molecule has 0 heterocycles. The van der Waals surface area contributed by atoms with Crippen LogP contribution in [0.4, 0.5) is 0 Å². The first-order valence-electron chi connectivity index (χ1n) is 5.00. The van der Waals surface area contributed by atoms with Crippen LogP contribution in [0.2, 0.25) is 0 Å². The lowest BCUT2D eigenvalue weighted by atomic mass is 9.90. The molecule has 0 aliphatic carbocycles. The van der Waals surface area contributed by atoms with Crippen LogP contribution in [0, 0.1) is 0 Å². The van der Waals surface area contributed by atoms with Crippen molar-refractivity contribution in [3.8, 4) is 0 Å².